The lowest BCUT2D eigenvalue weighted by atomic mass is 10.2. The van der Waals surface area contributed by atoms with Crippen molar-refractivity contribution in [1.29, 1.82) is 0 Å². The number of amides is 1. The number of carbonyl (C=O) groups is 2. The SMILES string of the molecule is CC(C)NC(=O)CSc1ccccc1C(=O)OCc1cc2ccccc2o1. The molecular weight excluding hydrogens is 362 g/mol. The first kappa shape index (κ1) is 19.0. The number of esters is 1. The Hall–Kier alpha value is -2.73. The molecule has 1 aromatic heterocycles. The number of para-hydroxylation sites is 1. The number of hydrogen-bond donors (Lipinski definition) is 1. The Labute approximate surface area is 162 Å². The average molecular weight is 383 g/mol. The number of fused-ring (bicyclic) bond motifs is 1. The molecule has 1 heterocycles. The van der Waals surface area contributed by atoms with E-state index in [9.17, 15) is 9.59 Å². The molecule has 2 aromatic carbocycles. The second-order valence-electron chi connectivity index (χ2n) is 6.33. The summed E-state index contributed by atoms with van der Waals surface area (Å²) in [7, 11) is 0. The minimum atomic E-state index is -0.442. The van der Waals surface area contributed by atoms with E-state index in [1.165, 1.54) is 11.8 Å². The molecule has 5 nitrogen and oxygen atoms in total. The van der Waals surface area contributed by atoms with Crippen LogP contribution < -0.4 is 5.32 Å². The first-order valence-corrected chi connectivity index (χ1v) is 9.67. The molecule has 1 amide bonds. The van der Waals surface area contributed by atoms with Crippen molar-refractivity contribution in [1.82, 2.24) is 5.32 Å². The van der Waals surface area contributed by atoms with Crippen LogP contribution in [0.1, 0.15) is 30.0 Å². The minimum Gasteiger partial charge on any atom is -0.457 e. The maximum atomic E-state index is 12.5. The summed E-state index contributed by atoms with van der Waals surface area (Å²) in [5.41, 5.74) is 1.20. The smallest absolute Gasteiger partial charge is 0.339 e. The number of ether oxygens (including phenoxy) is 1. The van der Waals surface area contributed by atoms with E-state index in [2.05, 4.69) is 5.32 Å². The lowest BCUT2D eigenvalue weighted by Crippen LogP contribution is -2.31. The molecule has 6 heteroatoms. The highest BCUT2D eigenvalue weighted by atomic mass is 32.2. The van der Waals surface area contributed by atoms with Crippen LogP contribution in [0.4, 0.5) is 0 Å². The quantitative estimate of drug-likeness (QED) is 0.484. The molecule has 0 saturated carbocycles. The summed E-state index contributed by atoms with van der Waals surface area (Å²) in [6.45, 7) is 3.87. The average Bonchev–Trinajstić information content (AvgIpc) is 3.07. The van der Waals surface area contributed by atoms with Crippen molar-refractivity contribution >= 4 is 34.6 Å². The van der Waals surface area contributed by atoms with E-state index < -0.39 is 5.97 Å². The summed E-state index contributed by atoms with van der Waals surface area (Å²) in [4.78, 5) is 25.1. The monoisotopic (exact) mass is 383 g/mol. The third kappa shape index (κ3) is 5.14. The molecule has 0 fully saturated rings. The van der Waals surface area contributed by atoms with Gasteiger partial charge in [0, 0.05) is 16.3 Å². The van der Waals surface area contributed by atoms with Crippen molar-refractivity contribution in [2.45, 2.75) is 31.4 Å². The topological polar surface area (TPSA) is 68.5 Å². The van der Waals surface area contributed by atoms with Crippen molar-refractivity contribution in [2.24, 2.45) is 0 Å². The molecule has 0 aliphatic carbocycles. The van der Waals surface area contributed by atoms with Crippen LogP contribution in [0, 0.1) is 0 Å². The molecule has 0 aliphatic rings. The van der Waals surface area contributed by atoms with Crippen LogP contribution in [-0.2, 0) is 16.1 Å². The van der Waals surface area contributed by atoms with Gasteiger partial charge >= 0.3 is 5.97 Å². The number of hydrogen-bond acceptors (Lipinski definition) is 5. The summed E-state index contributed by atoms with van der Waals surface area (Å²) in [5.74, 6) is 0.320. The third-order valence-electron chi connectivity index (χ3n) is 3.74. The fraction of sp³-hybridized carbons (Fsp3) is 0.238. The van der Waals surface area contributed by atoms with Gasteiger partial charge in [-0.2, -0.15) is 0 Å². The van der Waals surface area contributed by atoms with Crippen LogP contribution in [-0.4, -0.2) is 23.7 Å². The van der Waals surface area contributed by atoms with Gasteiger partial charge in [-0.3, -0.25) is 4.79 Å². The van der Waals surface area contributed by atoms with Crippen molar-refractivity contribution < 1.29 is 18.7 Å². The van der Waals surface area contributed by atoms with E-state index in [4.69, 9.17) is 9.15 Å². The van der Waals surface area contributed by atoms with E-state index in [0.717, 1.165) is 11.0 Å². The van der Waals surface area contributed by atoms with Gasteiger partial charge in [-0.25, -0.2) is 4.79 Å². The van der Waals surface area contributed by atoms with Crippen LogP contribution >= 0.6 is 11.8 Å². The lowest BCUT2D eigenvalue weighted by molar-refractivity contribution is -0.119. The molecule has 27 heavy (non-hydrogen) atoms. The zero-order valence-electron chi connectivity index (χ0n) is 15.2. The summed E-state index contributed by atoms with van der Waals surface area (Å²) < 4.78 is 11.1. The van der Waals surface area contributed by atoms with Crippen LogP contribution in [0.25, 0.3) is 11.0 Å². The van der Waals surface area contributed by atoms with Crippen LogP contribution in [0.5, 0.6) is 0 Å². The molecule has 140 valence electrons. The van der Waals surface area contributed by atoms with Crippen LogP contribution in [0.3, 0.4) is 0 Å². The van der Waals surface area contributed by atoms with E-state index in [1.54, 1.807) is 12.1 Å². The number of rotatable bonds is 7. The highest BCUT2D eigenvalue weighted by Crippen LogP contribution is 2.24. The normalized spacial score (nSPS) is 10.9. The number of carbonyl (C=O) groups excluding carboxylic acids is 2. The molecule has 0 radical (unpaired) electrons. The number of thioether (sulfide) groups is 1. The Kier molecular flexibility index (Phi) is 6.19. The van der Waals surface area contributed by atoms with Gasteiger partial charge in [0.2, 0.25) is 5.91 Å². The summed E-state index contributed by atoms with van der Waals surface area (Å²) in [6.07, 6.45) is 0. The largest absolute Gasteiger partial charge is 0.457 e. The molecule has 0 saturated heterocycles. The first-order valence-electron chi connectivity index (χ1n) is 8.68. The fourth-order valence-electron chi connectivity index (χ4n) is 2.59. The van der Waals surface area contributed by atoms with Gasteiger partial charge in [0.15, 0.2) is 0 Å². The molecule has 0 aliphatic heterocycles. The van der Waals surface area contributed by atoms with Crippen molar-refractivity contribution in [3.05, 3.63) is 65.9 Å². The lowest BCUT2D eigenvalue weighted by Gasteiger charge is -2.10. The molecule has 3 rings (SSSR count). The number of benzene rings is 2. The highest BCUT2D eigenvalue weighted by Gasteiger charge is 2.15. The minimum absolute atomic E-state index is 0.0559. The van der Waals surface area contributed by atoms with Crippen molar-refractivity contribution in [3.8, 4) is 0 Å². The molecular formula is C21H21NO4S. The standard InChI is InChI=1S/C21H21NO4S/c1-14(2)22-20(23)13-27-19-10-6-4-8-17(19)21(24)25-12-16-11-15-7-3-5-9-18(15)26-16/h3-11,14H,12-13H2,1-2H3,(H,22,23). The Morgan fingerprint density at radius 2 is 1.85 bits per heavy atom. The van der Waals surface area contributed by atoms with Crippen molar-refractivity contribution in [2.75, 3.05) is 5.75 Å². The first-order chi connectivity index (χ1) is 13.0. The summed E-state index contributed by atoms with van der Waals surface area (Å²) >= 11 is 1.31. The summed E-state index contributed by atoms with van der Waals surface area (Å²) in [6, 6.07) is 16.7. The van der Waals surface area contributed by atoms with Crippen molar-refractivity contribution in [3.63, 3.8) is 0 Å². The summed E-state index contributed by atoms with van der Waals surface area (Å²) in [5, 5.41) is 3.80. The van der Waals surface area contributed by atoms with Crippen LogP contribution in [0.15, 0.2) is 63.9 Å². The van der Waals surface area contributed by atoms with Gasteiger partial charge in [-0.1, -0.05) is 30.3 Å². The second-order valence-corrected chi connectivity index (χ2v) is 7.35. The molecule has 0 bridgehead atoms. The highest BCUT2D eigenvalue weighted by molar-refractivity contribution is 8.00. The number of furan rings is 1. The second kappa shape index (κ2) is 8.77. The zero-order chi connectivity index (χ0) is 19.2. The molecule has 0 unspecified atom stereocenters. The predicted octanol–water partition coefficient (Wildman–Crippen LogP) is 4.41. The Morgan fingerprint density at radius 1 is 1.11 bits per heavy atom. The van der Waals surface area contributed by atoms with E-state index in [0.29, 0.717) is 16.2 Å². The van der Waals surface area contributed by atoms with Gasteiger partial charge in [-0.05, 0) is 38.1 Å². The molecule has 0 atom stereocenters. The Morgan fingerprint density at radius 3 is 2.63 bits per heavy atom. The Bertz CT molecular complexity index is 915. The van der Waals surface area contributed by atoms with Gasteiger partial charge in [0.1, 0.15) is 18.0 Å². The number of nitrogens with one attached hydrogen (secondary N) is 1. The van der Waals surface area contributed by atoms with Gasteiger partial charge < -0.3 is 14.5 Å². The van der Waals surface area contributed by atoms with Gasteiger partial charge in [-0.15, -0.1) is 11.8 Å². The van der Waals surface area contributed by atoms with Crippen LogP contribution in [0.2, 0.25) is 0 Å². The van der Waals surface area contributed by atoms with Gasteiger partial charge in [0.25, 0.3) is 0 Å². The Balaban J connectivity index is 1.63. The van der Waals surface area contributed by atoms with E-state index >= 15 is 0 Å². The fourth-order valence-corrected chi connectivity index (χ4v) is 3.44. The predicted molar refractivity (Wildman–Crippen MR) is 106 cm³/mol. The van der Waals surface area contributed by atoms with E-state index in [1.807, 2.05) is 56.3 Å². The van der Waals surface area contributed by atoms with Gasteiger partial charge in [0.05, 0.1) is 11.3 Å². The van der Waals surface area contributed by atoms with E-state index in [-0.39, 0.29) is 24.3 Å². The maximum Gasteiger partial charge on any atom is 0.339 e. The maximum absolute atomic E-state index is 12.5. The third-order valence-corrected chi connectivity index (χ3v) is 4.81. The molecule has 3 aromatic rings. The zero-order valence-corrected chi connectivity index (χ0v) is 16.0. The molecule has 0 spiro atoms. The molecule has 1 N–H and O–H groups in total.